The largest absolute Gasteiger partial charge is 0.330 e. The molecule has 2 N–H and O–H groups in total. The molecule has 0 saturated heterocycles. The van der Waals surface area contributed by atoms with Gasteiger partial charge in [-0.15, -0.1) is 11.8 Å². The molecule has 0 atom stereocenters. The predicted molar refractivity (Wildman–Crippen MR) is 82.1 cm³/mol. The number of benzene rings is 1. The van der Waals surface area contributed by atoms with Crippen LogP contribution in [-0.2, 0) is 6.54 Å². The maximum absolute atomic E-state index is 5.67. The summed E-state index contributed by atoms with van der Waals surface area (Å²) in [5.41, 5.74) is 7.19. The number of hydrogen-bond donors (Lipinski definition) is 1. The highest BCUT2D eigenvalue weighted by atomic mass is 32.2. The summed E-state index contributed by atoms with van der Waals surface area (Å²) in [5.74, 6) is 1.13. The maximum Gasteiger partial charge on any atom is 0.0236 e. The molecular weight excluding hydrogens is 240 g/mol. The monoisotopic (exact) mass is 266 g/mol. The molecule has 0 heterocycles. The Hall–Kier alpha value is -0.510. The van der Waals surface area contributed by atoms with Crippen LogP contribution in [0.15, 0.2) is 29.2 Å². The van der Waals surface area contributed by atoms with E-state index in [0.717, 1.165) is 25.3 Å². The summed E-state index contributed by atoms with van der Waals surface area (Å²) in [4.78, 5) is 3.73. The van der Waals surface area contributed by atoms with Crippen LogP contribution >= 0.6 is 11.8 Å². The van der Waals surface area contributed by atoms with E-state index < -0.39 is 0 Å². The molecule has 0 aliphatic heterocycles. The molecule has 3 heteroatoms. The number of hydrogen-bond acceptors (Lipinski definition) is 3. The van der Waals surface area contributed by atoms with Crippen molar-refractivity contribution >= 4 is 11.8 Å². The molecule has 1 rings (SSSR count). The van der Waals surface area contributed by atoms with Gasteiger partial charge in [-0.1, -0.05) is 19.1 Å². The van der Waals surface area contributed by atoms with Gasteiger partial charge in [0.1, 0.15) is 0 Å². The fourth-order valence-electron chi connectivity index (χ4n) is 1.89. The first-order valence-electron chi connectivity index (χ1n) is 6.62. The third-order valence-corrected chi connectivity index (χ3v) is 4.34. The molecule has 1 aromatic rings. The number of nitrogens with two attached hydrogens (primary N) is 1. The zero-order valence-electron chi connectivity index (χ0n) is 12.1. The van der Waals surface area contributed by atoms with Crippen LogP contribution in [0.5, 0.6) is 0 Å². The van der Waals surface area contributed by atoms with Crippen molar-refractivity contribution in [3.8, 4) is 0 Å². The summed E-state index contributed by atoms with van der Waals surface area (Å²) in [6, 6.07) is 8.89. The van der Waals surface area contributed by atoms with Crippen molar-refractivity contribution in [2.75, 3.05) is 19.3 Å². The van der Waals surface area contributed by atoms with E-state index in [1.54, 1.807) is 0 Å². The van der Waals surface area contributed by atoms with Crippen molar-refractivity contribution in [1.82, 2.24) is 4.90 Å². The fraction of sp³-hybridized carbons (Fsp3) is 0.600. The van der Waals surface area contributed by atoms with Gasteiger partial charge >= 0.3 is 0 Å². The Bertz CT molecular complexity index is 346. The highest BCUT2D eigenvalue weighted by Gasteiger charge is 2.22. The molecule has 0 bridgehead atoms. The van der Waals surface area contributed by atoms with Gasteiger partial charge in [-0.25, -0.2) is 0 Å². The van der Waals surface area contributed by atoms with Crippen molar-refractivity contribution in [1.29, 1.82) is 0 Å². The molecular formula is C15H26N2S. The molecule has 0 aromatic heterocycles. The van der Waals surface area contributed by atoms with Crippen LogP contribution in [0.1, 0.15) is 32.8 Å². The second-order valence-corrected chi connectivity index (χ2v) is 6.62. The minimum Gasteiger partial charge on any atom is -0.330 e. The average Bonchev–Trinajstić information content (AvgIpc) is 2.32. The van der Waals surface area contributed by atoms with Gasteiger partial charge in [-0.2, -0.15) is 0 Å². The minimum absolute atomic E-state index is 0.158. The minimum atomic E-state index is 0.158. The van der Waals surface area contributed by atoms with Crippen LogP contribution in [-0.4, -0.2) is 29.8 Å². The number of thioether (sulfide) groups is 1. The normalized spacial score (nSPS) is 12.1. The van der Waals surface area contributed by atoms with Gasteiger partial charge < -0.3 is 5.73 Å². The molecule has 1 aromatic carbocycles. The molecule has 0 spiro atoms. The van der Waals surface area contributed by atoms with Crippen molar-refractivity contribution < 1.29 is 0 Å². The molecule has 0 amide bonds. The molecule has 0 radical (unpaired) electrons. The van der Waals surface area contributed by atoms with Gasteiger partial charge in [0.15, 0.2) is 0 Å². The van der Waals surface area contributed by atoms with Crippen molar-refractivity contribution in [2.45, 2.75) is 44.2 Å². The van der Waals surface area contributed by atoms with E-state index in [0.29, 0.717) is 0 Å². The van der Waals surface area contributed by atoms with Crippen molar-refractivity contribution in [3.05, 3.63) is 29.8 Å². The smallest absolute Gasteiger partial charge is 0.0236 e. The Balaban J connectivity index is 2.61. The Morgan fingerprint density at radius 1 is 1.22 bits per heavy atom. The van der Waals surface area contributed by atoms with Crippen LogP contribution in [0.4, 0.5) is 0 Å². The predicted octanol–water partition coefficient (Wildman–Crippen LogP) is 3.36. The summed E-state index contributed by atoms with van der Waals surface area (Å²) in [7, 11) is 2.17. The molecule has 0 aliphatic carbocycles. The van der Waals surface area contributed by atoms with Gasteiger partial charge in [0.25, 0.3) is 0 Å². The Kier molecular flexibility index (Phi) is 6.19. The highest BCUT2D eigenvalue weighted by Crippen LogP contribution is 2.21. The van der Waals surface area contributed by atoms with E-state index in [9.17, 15) is 0 Å². The zero-order chi connectivity index (χ0) is 13.6. The van der Waals surface area contributed by atoms with Crippen LogP contribution in [0.3, 0.4) is 0 Å². The van der Waals surface area contributed by atoms with Gasteiger partial charge in [0.05, 0.1) is 0 Å². The van der Waals surface area contributed by atoms with Crippen LogP contribution in [0.25, 0.3) is 0 Å². The fourth-order valence-corrected chi connectivity index (χ4v) is 2.55. The Morgan fingerprint density at radius 3 is 2.33 bits per heavy atom. The van der Waals surface area contributed by atoms with E-state index in [1.165, 1.54) is 10.5 Å². The molecule has 18 heavy (non-hydrogen) atoms. The second kappa shape index (κ2) is 7.17. The lowest BCUT2D eigenvalue weighted by molar-refractivity contribution is 0.140. The van der Waals surface area contributed by atoms with Gasteiger partial charge in [0, 0.05) is 17.0 Å². The van der Waals surface area contributed by atoms with E-state index >= 15 is 0 Å². The van der Waals surface area contributed by atoms with E-state index in [4.69, 9.17) is 5.73 Å². The lowest BCUT2D eigenvalue weighted by Crippen LogP contribution is -2.42. The number of rotatable bonds is 7. The first-order chi connectivity index (χ1) is 8.49. The molecule has 2 nitrogen and oxygen atoms in total. The summed E-state index contributed by atoms with van der Waals surface area (Å²) < 4.78 is 0. The van der Waals surface area contributed by atoms with E-state index in [2.05, 4.69) is 57.0 Å². The van der Waals surface area contributed by atoms with E-state index in [-0.39, 0.29) is 5.54 Å². The third kappa shape index (κ3) is 4.63. The van der Waals surface area contributed by atoms with Crippen molar-refractivity contribution in [3.63, 3.8) is 0 Å². The Labute approximate surface area is 116 Å². The van der Waals surface area contributed by atoms with Gasteiger partial charge in [-0.3, -0.25) is 4.90 Å². The lowest BCUT2D eigenvalue weighted by Gasteiger charge is -2.35. The summed E-state index contributed by atoms with van der Waals surface area (Å²) in [6.07, 6.45) is 1.02. The SMILES string of the molecule is CCSc1ccc(CN(C)C(C)(C)CCN)cc1. The second-order valence-electron chi connectivity index (χ2n) is 5.28. The van der Waals surface area contributed by atoms with Crippen molar-refractivity contribution in [2.24, 2.45) is 5.73 Å². The standard InChI is InChI=1S/C15H26N2S/c1-5-18-14-8-6-13(7-9-14)12-17(4)15(2,3)10-11-16/h6-9H,5,10-12,16H2,1-4H3. The quantitative estimate of drug-likeness (QED) is 0.767. The Morgan fingerprint density at radius 2 is 1.83 bits per heavy atom. The third-order valence-electron chi connectivity index (χ3n) is 3.44. The highest BCUT2D eigenvalue weighted by molar-refractivity contribution is 7.99. The summed E-state index contributed by atoms with van der Waals surface area (Å²) >= 11 is 1.89. The summed E-state index contributed by atoms with van der Waals surface area (Å²) in [5, 5.41) is 0. The number of nitrogens with zero attached hydrogens (tertiary/aromatic N) is 1. The molecule has 0 saturated carbocycles. The van der Waals surface area contributed by atoms with Crippen LogP contribution < -0.4 is 5.73 Å². The molecule has 0 fully saturated rings. The topological polar surface area (TPSA) is 29.3 Å². The maximum atomic E-state index is 5.67. The van der Waals surface area contributed by atoms with Gasteiger partial charge in [-0.05, 0) is 57.3 Å². The van der Waals surface area contributed by atoms with Crippen LogP contribution in [0, 0.1) is 0 Å². The first-order valence-corrected chi connectivity index (χ1v) is 7.61. The first kappa shape index (κ1) is 15.5. The van der Waals surface area contributed by atoms with Crippen LogP contribution in [0.2, 0.25) is 0 Å². The molecule has 0 unspecified atom stereocenters. The van der Waals surface area contributed by atoms with E-state index in [1.807, 2.05) is 11.8 Å². The summed E-state index contributed by atoms with van der Waals surface area (Å²) in [6.45, 7) is 8.40. The molecule has 0 aliphatic rings. The molecule has 102 valence electrons. The average molecular weight is 266 g/mol. The zero-order valence-corrected chi connectivity index (χ0v) is 12.9. The lowest BCUT2D eigenvalue weighted by atomic mass is 9.98. The van der Waals surface area contributed by atoms with Gasteiger partial charge in [0.2, 0.25) is 0 Å².